The summed E-state index contributed by atoms with van der Waals surface area (Å²) in [6.45, 7) is 6.43. The largest absolute Gasteiger partial charge is 0.341 e. The van der Waals surface area contributed by atoms with E-state index in [0.29, 0.717) is 18.9 Å². The van der Waals surface area contributed by atoms with Crippen LogP contribution in [0.4, 0.5) is 5.69 Å². The number of carbonyl (C=O) groups excluding carboxylic acids is 2. The van der Waals surface area contributed by atoms with Gasteiger partial charge >= 0.3 is 0 Å². The van der Waals surface area contributed by atoms with Crippen molar-refractivity contribution in [2.75, 3.05) is 25.0 Å². The van der Waals surface area contributed by atoms with Crippen molar-refractivity contribution in [3.05, 3.63) is 29.3 Å². The van der Waals surface area contributed by atoms with Crippen LogP contribution in [0.3, 0.4) is 0 Å². The van der Waals surface area contributed by atoms with Crippen molar-refractivity contribution in [1.29, 1.82) is 0 Å². The van der Waals surface area contributed by atoms with E-state index in [1.54, 1.807) is 0 Å². The summed E-state index contributed by atoms with van der Waals surface area (Å²) in [4.78, 5) is 25.8. The zero-order chi connectivity index (χ0) is 17.1. The van der Waals surface area contributed by atoms with Gasteiger partial charge in [0.15, 0.2) is 0 Å². The lowest BCUT2D eigenvalue weighted by molar-refractivity contribution is -0.132. The monoisotopic (exact) mass is 329 g/mol. The van der Waals surface area contributed by atoms with Gasteiger partial charge in [-0.05, 0) is 49.3 Å². The van der Waals surface area contributed by atoms with E-state index in [1.807, 2.05) is 17.0 Å². The lowest BCUT2D eigenvalue weighted by Gasteiger charge is -2.31. The summed E-state index contributed by atoms with van der Waals surface area (Å²) in [6.07, 6.45) is 3.66. The molecule has 2 N–H and O–H groups in total. The Bertz CT molecular complexity index is 629. The fourth-order valence-electron chi connectivity index (χ4n) is 3.56. The fraction of sp³-hybridized carbons (Fsp3) is 0.579. The number of nitrogens with zero attached hydrogens (tertiary/aromatic N) is 1. The van der Waals surface area contributed by atoms with E-state index in [2.05, 4.69) is 30.5 Å². The first-order valence-electron chi connectivity index (χ1n) is 8.97. The Labute approximate surface area is 143 Å². The number of benzene rings is 1. The zero-order valence-corrected chi connectivity index (χ0v) is 14.6. The number of aryl methyl sites for hydroxylation is 1. The molecule has 24 heavy (non-hydrogen) atoms. The van der Waals surface area contributed by atoms with Crippen LogP contribution in [0.2, 0.25) is 0 Å². The minimum atomic E-state index is 0.0859. The zero-order valence-electron chi connectivity index (χ0n) is 14.6. The van der Waals surface area contributed by atoms with Crippen LogP contribution in [0.15, 0.2) is 18.2 Å². The molecule has 0 aliphatic carbocycles. The lowest BCUT2D eigenvalue weighted by atomic mass is 9.97. The van der Waals surface area contributed by atoms with Gasteiger partial charge in [0.05, 0.1) is 6.54 Å². The van der Waals surface area contributed by atoms with Crippen LogP contribution in [0.25, 0.3) is 0 Å². The van der Waals surface area contributed by atoms with E-state index in [4.69, 9.17) is 0 Å². The van der Waals surface area contributed by atoms with Crippen LogP contribution in [0.1, 0.15) is 50.3 Å². The summed E-state index contributed by atoms with van der Waals surface area (Å²) in [7, 11) is 0. The number of hydrogen-bond donors (Lipinski definition) is 2. The molecule has 2 heterocycles. The highest BCUT2D eigenvalue weighted by atomic mass is 16.2. The van der Waals surface area contributed by atoms with Crippen LogP contribution < -0.4 is 10.6 Å². The molecule has 0 saturated carbocycles. The van der Waals surface area contributed by atoms with Gasteiger partial charge in [0.25, 0.3) is 0 Å². The van der Waals surface area contributed by atoms with Crippen molar-refractivity contribution in [2.24, 2.45) is 5.92 Å². The van der Waals surface area contributed by atoms with Gasteiger partial charge in [0.1, 0.15) is 0 Å². The third kappa shape index (κ3) is 3.96. The predicted molar refractivity (Wildman–Crippen MR) is 94.8 cm³/mol. The molecule has 2 aliphatic rings. The third-order valence-electron chi connectivity index (χ3n) is 5.09. The topological polar surface area (TPSA) is 61.4 Å². The number of amides is 2. The second-order valence-electron chi connectivity index (χ2n) is 7.15. The van der Waals surface area contributed by atoms with Crippen molar-refractivity contribution in [3.63, 3.8) is 0 Å². The lowest BCUT2D eigenvalue weighted by Crippen LogP contribution is -2.43. The van der Waals surface area contributed by atoms with Gasteiger partial charge in [-0.1, -0.05) is 19.1 Å². The molecule has 0 bridgehead atoms. The summed E-state index contributed by atoms with van der Waals surface area (Å²) in [5.41, 5.74) is 3.25. The minimum absolute atomic E-state index is 0.0859. The highest BCUT2D eigenvalue weighted by molar-refractivity contribution is 5.93. The van der Waals surface area contributed by atoms with E-state index in [0.717, 1.165) is 37.2 Å². The van der Waals surface area contributed by atoms with Gasteiger partial charge in [-0.3, -0.25) is 9.59 Å². The Kier molecular flexibility index (Phi) is 5.19. The molecular formula is C19H27N3O2. The molecule has 1 aromatic rings. The van der Waals surface area contributed by atoms with E-state index < -0.39 is 0 Å². The van der Waals surface area contributed by atoms with Crippen LogP contribution >= 0.6 is 0 Å². The molecule has 0 radical (unpaired) electrons. The van der Waals surface area contributed by atoms with E-state index in [1.165, 1.54) is 12.0 Å². The Morgan fingerprint density at radius 1 is 1.42 bits per heavy atom. The number of rotatable bonds is 4. The number of piperidine rings is 1. The average Bonchev–Trinajstić information content (AvgIpc) is 2.58. The molecule has 130 valence electrons. The van der Waals surface area contributed by atoms with Crippen molar-refractivity contribution in [1.82, 2.24) is 10.2 Å². The number of fused-ring (bicyclic) bond motifs is 1. The molecule has 5 nitrogen and oxygen atoms in total. The van der Waals surface area contributed by atoms with E-state index >= 15 is 0 Å². The second kappa shape index (κ2) is 7.34. The summed E-state index contributed by atoms with van der Waals surface area (Å²) in [5, 5.41) is 6.25. The molecule has 2 unspecified atom stereocenters. The normalized spacial score (nSPS) is 21.8. The molecule has 2 atom stereocenters. The smallest absolute Gasteiger partial charge is 0.236 e. The van der Waals surface area contributed by atoms with Crippen LogP contribution in [0.5, 0.6) is 0 Å². The van der Waals surface area contributed by atoms with Crippen molar-refractivity contribution in [3.8, 4) is 0 Å². The number of anilines is 1. The highest BCUT2D eigenvalue weighted by Gasteiger charge is 2.21. The Morgan fingerprint density at radius 2 is 2.25 bits per heavy atom. The summed E-state index contributed by atoms with van der Waals surface area (Å²) < 4.78 is 0. The van der Waals surface area contributed by atoms with Crippen LogP contribution in [-0.4, -0.2) is 36.3 Å². The fourth-order valence-corrected chi connectivity index (χ4v) is 3.56. The Morgan fingerprint density at radius 3 is 3.04 bits per heavy atom. The van der Waals surface area contributed by atoms with Gasteiger partial charge < -0.3 is 15.5 Å². The average molecular weight is 329 g/mol. The first-order valence-corrected chi connectivity index (χ1v) is 8.97. The SMILES string of the molecule is CC1CCCN(C(=O)CNC(C)c2ccc3c(c2)CCC(=O)N3)C1. The maximum atomic E-state index is 12.4. The van der Waals surface area contributed by atoms with Crippen molar-refractivity contribution in [2.45, 2.75) is 45.6 Å². The molecule has 1 fully saturated rings. The van der Waals surface area contributed by atoms with Crippen LogP contribution in [-0.2, 0) is 16.0 Å². The maximum absolute atomic E-state index is 12.4. The molecule has 1 aromatic carbocycles. The second-order valence-corrected chi connectivity index (χ2v) is 7.15. The quantitative estimate of drug-likeness (QED) is 0.892. The van der Waals surface area contributed by atoms with E-state index in [-0.39, 0.29) is 17.9 Å². The predicted octanol–water partition coefficient (Wildman–Crippen LogP) is 2.48. The van der Waals surface area contributed by atoms with Crippen LogP contribution in [0, 0.1) is 5.92 Å². The minimum Gasteiger partial charge on any atom is -0.341 e. The van der Waals surface area contributed by atoms with Gasteiger partial charge in [-0.2, -0.15) is 0 Å². The number of hydrogen-bond acceptors (Lipinski definition) is 3. The first-order chi connectivity index (χ1) is 11.5. The first kappa shape index (κ1) is 17.0. The van der Waals surface area contributed by atoms with Gasteiger partial charge in [-0.15, -0.1) is 0 Å². The number of carbonyl (C=O) groups is 2. The van der Waals surface area contributed by atoms with Crippen molar-refractivity contribution >= 4 is 17.5 Å². The maximum Gasteiger partial charge on any atom is 0.236 e. The van der Waals surface area contributed by atoms with E-state index in [9.17, 15) is 9.59 Å². The standard InChI is InChI=1S/C19H27N3O2/c1-13-4-3-9-22(12-13)19(24)11-20-14(2)15-5-7-17-16(10-15)6-8-18(23)21-17/h5,7,10,13-14,20H,3-4,6,8-9,11-12H2,1-2H3,(H,21,23). The Hall–Kier alpha value is -1.88. The highest BCUT2D eigenvalue weighted by Crippen LogP contribution is 2.26. The summed E-state index contributed by atoms with van der Waals surface area (Å²) in [6, 6.07) is 6.24. The van der Waals surface area contributed by atoms with Gasteiger partial charge in [0.2, 0.25) is 11.8 Å². The molecular weight excluding hydrogens is 302 g/mol. The number of likely N-dealkylation sites (tertiary alicyclic amines) is 1. The molecule has 5 heteroatoms. The number of nitrogens with one attached hydrogen (secondary N) is 2. The Balaban J connectivity index is 1.56. The molecule has 3 rings (SSSR count). The molecule has 1 saturated heterocycles. The third-order valence-corrected chi connectivity index (χ3v) is 5.09. The summed E-state index contributed by atoms with van der Waals surface area (Å²) >= 11 is 0. The van der Waals surface area contributed by atoms with Crippen molar-refractivity contribution < 1.29 is 9.59 Å². The molecule has 0 spiro atoms. The molecule has 2 amide bonds. The van der Waals surface area contributed by atoms with Gasteiger partial charge in [0, 0.05) is 31.2 Å². The molecule has 2 aliphatic heterocycles. The molecule has 0 aromatic heterocycles. The summed E-state index contributed by atoms with van der Waals surface area (Å²) in [5.74, 6) is 0.886. The van der Waals surface area contributed by atoms with Gasteiger partial charge in [-0.25, -0.2) is 0 Å².